The van der Waals surface area contributed by atoms with Gasteiger partial charge in [-0.1, -0.05) is 17.3 Å². The molecule has 0 aliphatic heterocycles. The van der Waals surface area contributed by atoms with Gasteiger partial charge in [-0.25, -0.2) is 0 Å². The summed E-state index contributed by atoms with van der Waals surface area (Å²) >= 11 is 6.49. The molecular weight excluding hydrogens is 370 g/mol. The molecule has 21 heavy (non-hydrogen) atoms. The first-order valence-corrected chi connectivity index (χ1v) is 8.56. The van der Waals surface area contributed by atoms with Crippen LogP contribution in [-0.4, -0.2) is 10.1 Å². The standard InChI is InChI=1S/C14H8BrN3OS2/c15-10-3-1-2-4-11(10)20-8-13-17-14(19-18-13)12-6-5-9(7-16)21-12/h1-6H,8H2. The number of thioether (sulfide) groups is 1. The highest BCUT2D eigenvalue weighted by Gasteiger charge is 2.12. The van der Waals surface area contributed by atoms with E-state index in [0.717, 1.165) is 14.2 Å². The summed E-state index contributed by atoms with van der Waals surface area (Å²) in [6, 6.07) is 13.7. The van der Waals surface area contributed by atoms with Crippen molar-refractivity contribution >= 4 is 39.0 Å². The summed E-state index contributed by atoms with van der Waals surface area (Å²) in [5.74, 6) is 1.73. The summed E-state index contributed by atoms with van der Waals surface area (Å²) in [6.45, 7) is 0. The third kappa shape index (κ3) is 3.35. The lowest BCUT2D eigenvalue weighted by atomic mass is 10.4. The predicted octanol–water partition coefficient (Wildman–Crippen LogP) is 4.72. The van der Waals surface area contributed by atoms with Crippen LogP contribution in [0, 0.1) is 11.3 Å². The molecule has 4 nitrogen and oxygen atoms in total. The average molecular weight is 378 g/mol. The van der Waals surface area contributed by atoms with Crippen molar-refractivity contribution in [2.75, 3.05) is 0 Å². The highest BCUT2D eigenvalue weighted by molar-refractivity contribution is 9.10. The lowest BCUT2D eigenvalue weighted by Gasteiger charge is -2.00. The van der Waals surface area contributed by atoms with Crippen LogP contribution in [0.15, 0.2) is 50.3 Å². The zero-order valence-electron chi connectivity index (χ0n) is 10.6. The van der Waals surface area contributed by atoms with Gasteiger partial charge in [0, 0.05) is 9.37 Å². The SMILES string of the molecule is N#Cc1ccc(-c2nc(CSc3ccccc3Br)no2)s1. The molecule has 0 radical (unpaired) electrons. The number of aromatic nitrogens is 2. The van der Waals surface area contributed by atoms with Crippen molar-refractivity contribution in [2.24, 2.45) is 0 Å². The van der Waals surface area contributed by atoms with Crippen molar-refractivity contribution in [1.82, 2.24) is 10.1 Å². The molecular formula is C14H8BrN3OS2. The summed E-state index contributed by atoms with van der Waals surface area (Å²) in [6.07, 6.45) is 0. The normalized spacial score (nSPS) is 10.5. The predicted molar refractivity (Wildman–Crippen MR) is 86.0 cm³/mol. The zero-order valence-corrected chi connectivity index (χ0v) is 13.8. The second kappa shape index (κ2) is 6.43. The quantitative estimate of drug-likeness (QED) is 0.615. The Kier molecular flexibility index (Phi) is 4.39. The number of nitriles is 1. The minimum absolute atomic E-state index is 0.462. The van der Waals surface area contributed by atoms with Crippen LogP contribution >= 0.6 is 39.0 Å². The third-order valence-electron chi connectivity index (χ3n) is 2.59. The first kappa shape index (κ1) is 14.3. The van der Waals surface area contributed by atoms with E-state index in [0.29, 0.717) is 22.3 Å². The molecule has 1 aromatic carbocycles. The Morgan fingerprint density at radius 2 is 2.14 bits per heavy atom. The molecule has 0 bridgehead atoms. The van der Waals surface area contributed by atoms with Crippen LogP contribution in [-0.2, 0) is 5.75 Å². The maximum atomic E-state index is 8.83. The fourth-order valence-corrected chi connectivity index (χ4v) is 3.77. The number of halogens is 1. The number of hydrogen-bond acceptors (Lipinski definition) is 6. The topological polar surface area (TPSA) is 62.7 Å². The number of hydrogen-bond donors (Lipinski definition) is 0. The molecule has 0 saturated carbocycles. The van der Waals surface area contributed by atoms with Crippen LogP contribution in [0.3, 0.4) is 0 Å². The van der Waals surface area contributed by atoms with Gasteiger partial charge in [-0.15, -0.1) is 23.1 Å². The Bertz CT molecular complexity index is 806. The molecule has 0 unspecified atom stereocenters. The molecule has 0 saturated heterocycles. The van der Waals surface area contributed by atoms with E-state index >= 15 is 0 Å². The summed E-state index contributed by atoms with van der Waals surface area (Å²) < 4.78 is 6.29. The monoisotopic (exact) mass is 377 g/mol. The number of nitrogens with zero attached hydrogens (tertiary/aromatic N) is 3. The molecule has 0 amide bonds. The number of benzene rings is 1. The third-order valence-corrected chi connectivity index (χ3v) is 5.59. The number of thiophene rings is 1. The minimum atomic E-state index is 0.462. The second-order valence-corrected chi connectivity index (χ2v) is 6.97. The van der Waals surface area contributed by atoms with E-state index in [1.807, 2.05) is 30.3 Å². The van der Waals surface area contributed by atoms with Crippen LogP contribution in [0.5, 0.6) is 0 Å². The van der Waals surface area contributed by atoms with Gasteiger partial charge in [-0.2, -0.15) is 10.2 Å². The zero-order chi connectivity index (χ0) is 14.7. The van der Waals surface area contributed by atoms with Crippen molar-refractivity contribution in [3.05, 3.63) is 51.6 Å². The molecule has 0 atom stereocenters. The van der Waals surface area contributed by atoms with Gasteiger partial charge in [0.1, 0.15) is 10.9 Å². The maximum Gasteiger partial charge on any atom is 0.268 e. The van der Waals surface area contributed by atoms with Crippen molar-refractivity contribution in [2.45, 2.75) is 10.6 Å². The molecule has 0 spiro atoms. The second-order valence-electron chi connectivity index (χ2n) is 4.01. The van der Waals surface area contributed by atoms with Crippen molar-refractivity contribution in [3.8, 4) is 16.8 Å². The Balaban J connectivity index is 1.71. The number of rotatable bonds is 4. The van der Waals surface area contributed by atoms with E-state index in [9.17, 15) is 0 Å². The fraction of sp³-hybridized carbons (Fsp3) is 0.0714. The van der Waals surface area contributed by atoms with Gasteiger partial charge >= 0.3 is 0 Å². The molecule has 2 aromatic heterocycles. The van der Waals surface area contributed by atoms with Gasteiger partial charge in [0.05, 0.1) is 10.6 Å². The van der Waals surface area contributed by atoms with E-state index in [1.54, 1.807) is 17.8 Å². The highest BCUT2D eigenvalue weighted by Crippen LogP contribution is 2.30. The first-order valence-electron chi connectivity index (χ1n) is 5.96. The summed E-state index contributed by atoms with van der Waals surface area (Å²) in [5, 5.41) is 12.8. The van der Waals surface area contributed by atoms with E-state index in [2.05, 4.69) is 32.1 Å². The summed E-state index contributed by atoms with van der Waals surface area (Å²) in [4.78, 5) is 6.94. The largest absolute Gasteiger partial charge is 0.333 e. The van der Waals surface area contributed by atoms with Crippen molar-refractivity contribution < 1.29 is 4.52 Å². The molecule has 104 valence electrons. The van der Waals surface area contributed by atoms with Crippen LogP contribution in [0.25, 0.3) is 10.8 Å². The van der Waals surface area contributed by atoms with Crippen LogP contribution in [0.1, 0.15) is 10.7 Å². The summed E-state index contributed by atoms with van der Waals surface area (Å²) in [7, 11) is 0. The highest BCUT2D eigenvalue weighted by atomic mass is 79.9. The summed E-state index contributed by atoms with van der Waals surface area (Å²) in [5.41, 5.74) is 0. The molecule has 0 aliphatic carbocycles. The van der Waals surface area contributed by atoms with E-state index in [4.69, 9.17) is 9.78 Å². The van der Waals surface area contributed by atoms with Gasteiger partial charge < -0.3 is 4.52 Å². The van der Waals surface area contributed by atoms with Crippen LogP contribution in [0.4, 0.5) is 0 Å². The molecule has 3 rings (SSSR count). The van der Waals surface area contributed by atoms with E-state index in [1.165, 1.54) is 11.3 Å². The Labute approximate surface area is 137 Å². The van der Waals surface area contributed by atoms with Gasteiger partial charge in [0.15, 0.2) is 5.82 Å². The molecule has 7 heteroatoms. The van der Waals surface area contributed by atoms with Crippen molar-refractivity contribution in [3.63, 3.8) is 0 Å². The maximum absolute atomic E-state index is 8.83. The lowest BCUT2D eigenvalue weighted by molar-refractivity contribution is 0.426. The van der Waals surface area contributed by atoms with Gasteiger partial charge in [0.2, 0.25) is 0 Å². The van der Waals surface area contributed by atoms with Crippen LogP contribution < -0.4 is 0 Å². The smallest absolute Gasteiger partial charge is 0.268 e. The van der Waals surface area contributed by atoms with Crippen LogP contribution in [0.2, 0.25) is 0 Å². The average Bonchev–Trinajstić information content (AvgIpc) is 3.15. The Morgan fingerprint density at radius 1 is 1.29 bits per heavy atom. The fourth-order valence-electron chi connectivity index (χ4n) is 1.63. The van der Waals surface area contributed by atoms with Gasteiger partial charge in [-0.05, 0) is 40.2 Å². The van der Waals surface area contributed by atoms with E-state index in [-0.39, 0.29) is 0 Å². The van der Waals surface area contributed by atoms with Gasteiger partial charge in [0.25, 0.3) is 5.89 Å². The van der Waals surface area contributed by atoms with Gasteiger partial charge in [-0.3, -0.25) is 0 Å². The minimum Gasteiger partial charge on any atom is -0.333 e. The Hall–Kier alpha value is -1.62. The Morgan fingerprint density at radius 3 is 2.90 bits per heavy atom. The lowest BCUT2D eigenvalue weighted by Crippen LogP contribution is -1.84. The molecule has 2 heterocycles. The molecule has 0 fully saturated rings. The van der Waals surface area contributed by atoms with E-state index < -0.39 is 0 Å². The first-order chi connectivity index (χ1) is 10.3. The molecule has 0 aliphatic rings. The molecule has 3 aromatic rings. The molecule has 0 N–H and O–H groups in total. The van der Waals surface area contributed by atoms with Crippen molar-refractivity contribution in [1.29, 1.82) is 5.26 Å².